The topological polar surface area (TPSA) is 38.3 Å². The van der Waals surface area contributed by atoms with E-state index in [9.17, 15) is 9.18 Å². The Hall–Kier alpha value is -2.36. The molecule has 1 amide bonds. The number of hydrogen-bond acceptors (Lipinski definition) is 2. The molecule has 0 saturated carbocycles. The minimum Gasteiger partial charge on any atom is -0.483 e. The number of carbonyl (C=O) groups is 1. The van der Waals surface area contributed by atoms with E-state index < -0.39 is 5.82 Å². The van der Waals surface area contributed by atoms with Gasteiger partial charge in [-0.1, -0.05) is 18.2 Å². The number of rotatable bonds is 4. The number of halogens is 1. The number of ether oxygens (including phenoxy) is 1. The van der Waals surface area contributed by atoms with Gasteiger partial charge in [0.2, 0.25) is 0 Å². The average molecular weight is 287 g/mol. The average Bonchev–Trinajstić information content (AvgIpc) is 2.44. The zero-order valence-electron chi connectivity index (χ0n) is 12.4. The minimum absolute atomic E-state index is 0.155. The van der Waals surface area contributed by atoms with Crippen LogP contribution in [0.1, 0.15) is 16.7 Å². The SMILES string of the molecule is Cc1ccc(F)c(NC(=O)COc2cc(C)ccc2C)c1. The van der Waals surface area contributed by atoms with E-state index in [-0.39, 0.29) is 18.2 Å². The molecule has 0 saturated heterocycles. The van der Waals surface area contributed by atoms with Gasteiger partial charge in [0.15, 0.2) is 6.61 Å². The van der Waals surface area contributed by atoms with Crippen molar-refractivity contribution >= 4 is 11.6 Å². The molecule has 2 aromatic carbocycles. The van der Waals surface area contributed by atoms with Crippen LogP contribution in [0.3, 0.4) is 0 Å². The van der Waals surface area contributed by atoms with Gasteiger partial charge in [0.25, 0.3) is 5.91 Å². The van der Waals surface area contributed by atoms with E-state index in [1.165, 1.54) is 6.07 Å². The molecule has 0 radical (unpaired) electrons. The van der Waals surface area contributed by atoms with E-state index in [0.29, 0.717) is 5.75 Å². The lowest BCUT2D eigenvalue weighted by Crippen LogP contribution is -2.21. The van der Waals surface area contributed by atoms with E-state index in [4.69, 9.17) is 4.74 Å². The first-order valence-electron chi connectivity index (χ1n) is 6.72. The summed E-state index contributed by atoms with van der Waals surface area (Å²) in [6, 6.07) is 10.3. The highest BCUT2D eigenvalue weighted by molar-refractivity contribution is 5.92. The number of nitrogens with one attached hydrogen (secondary N) is 1. The predicted molar refractivity (Wildman–Crippen MR) is 81.2 cm³/mol. The standard InChI is InChI=1S/C17H18FNO2/c1-11-5-7-14(18)15(8-11)19-17(20)10-21-16-9-12(2)4-6-13(16)3/h4-9H,10H2,1-3H3,(H,19,20). The highest BCUT2D eigenvalue weighted by Gasteiger charge is 2.09. The fraction of sp³-hybridized carbons (Fsp3) is 0.235. The van der Waals surface area contributed by atoms with Gasteiger partial charge in [-0.3, -0.25) is 4.79 Å². The maximum atomic E-state index is 13.6. The van der Waals surface area contributed by atoms with Crippen molar-refractivity contribution in [3.05, 3.63) is 58.9 Å². The second-order valence-electron chi connectivity index (χ2n) is 5.09. The van der Waals surface area contributed by atoms with Crippen LogP contribution < -0.4 is 10.1 Å². The molecule has 21 heavy (non-hydrogen) atoms. The Bertz CT molecular complexity index is 668. The molecule has 2 rings (SSSR count). The molecule has 4 heteroatoms. The van der Waals surface area contributed by atoms with Crippen molar-refractivity contribution in [3.63, 3.8) is 0 Å². The molecule has 3 nitrogen and oxygen atoms in total. The molecule has 0 aromatic heterocycles. The number of carbonyl (C=O) groups excluding carboxylic acids is 1. The molecule has 0 aliphatic heterocycles. The minimum atomic E-state index is -0.458. The lowest BCUT2D eigenvalue weighted by Gasteiger charge is -2.11. The van der Waals surface area contributed by atoms with Crippen molar-refractivity contribution in [2.45, 2.75) is 20.8 Å². The Kier molecular flexibility index (Phi) is 4.58. The van der Waals surface area contributed by atoms with Crippen LogP contribution in [0.2, 0.25) is 0 Å². The Morgan fingerprint density at radius 3 is 2.52 bits per heavy atom. The van der Waals surface area contributed by atoms with Crippen molar-refractivity contribution in [2.24, 2.45) is 0 Å². The zero-order valence-corrected chi connectivity index (χ0v) is 12.4. The monoisotopic (exact) mass is 287 g/mol. The fourth-order valence-corrected chi connectivity index (χ4v) is 1.93. The molecule has 1 N–H and O–H groups in total. The highest BCUT2D eigenvalue weighted by atomic mass is 19.1. The van der Waals surface area contributed by atoms with Crippen molar-refractivity contribution in [1.29, 1.82) is 0 Å². The molecule has 0 atom stereocenters. The van der Waals surface area contributed by atoms with Crippen LogP contribution in [0, 0.1) is 26.6 Å². The first-order valence-corrected chi connectivity index (χ1v) is 6.72. The van der Waals surface area contributed by atoms with E-state index in [0.717, 1.165) is 16.7 Å². The second-order valence-corrected chi connectivity index (χ2v) is 5.09. The molecule has 0 spiro atoms. The second kappa shape index (κ2) is 6.39. The van der Waals surface area contributed by atoms with Crippen LogP contribution >= 0.6 is 0 Å². The maximum Gasteiger partial charge on any atom is 0.262 e. The summed E-state index contributed by atoms with van der Waals surface area (Å²) in [6.07, 6.45) is 0. The van der Waals surface area contributed by atoms with E-state index in [1.54, 1.807) is 12.1 Å². The lowest BCUT2D eigenvalue weighted by molar-refractivity contribution is -0.118. The van der Waals surface area contributed by atoms with E-state index >= 15 is 0 Å². The Morgan fingerprint density at radius 1 is 1.10 bits per heavy atom. The fourth-order valence-electron chi connectivity index (χ4n) is 1.93. The summed E-state index contributed by atoms with van der Waals surface area (Å²) < 4.78 is 19.0. The van der Waals surface area contributed by atoms with Gasteiger partial charge in [0, 0.05) is 0 Å². The van der Waals surface area contributed by atoms with Crippen molar-refractivity contribution in [1.82, 2.24) is 0 Å². The Labute approximate surface area is 123 Å². The Balaban J connectivity index is 1.99. The van der Waals surface area contributed by atoms with E-state index in [2.05, 4.69) is 5.32 Å². The van der Waals surface area contributed by atoms with E-state index in [1.807, 2.05) is 39.0 Å². The molecular weight excluding hydrogens is 269 g/mol. The maximum absolute atomic E-state index is 13.6. The molecule has 0 fully saturated rings. The quantitative estimate of drug-likeness (QED) is 0.929. The summed E-state index contributed by atoms with van der Waals surface area (Å²) in [5.74, 6) is -0.184. The molecule has 0 aliphatic carbocycles. The van der Waals surface area contributed by atoms with Crippen LogP contribution in [-0.2, 0) is 4.79 Å². The van der Waals surface area contributed by atoms with Crippen LogP contribution in [0.5, 0.6) is 5.75 Å². The number of benzene rings is 2. The van der Waals surface area contributed by atoms with Gasteiger partial charge in [0.05, 0.1) is 5.69 Å². The number of amides is 1. The van der Waals surface area contributed by atoms with Gasteiger partial charge in [-0.25, -0.2) is 4.39 Å². The Morgan fingerprint density at radius 2 is 1.76 bits per heavy atom. The third kappa shape index (κ3) is 4.05. The third-order valence-corrected chi connectivity index (χ3v) is 3.10. The normalized spacial score (nSPS) is 10.3. The van der Waals surface area contributed by atoms with Gasteiger partial charge in [-0.2, -0.15) is 0 Å². The number of aryl methyl sites for hydroxylation is 3. The summed E-state index contributed by atoms with van der Waals surface area (Å²) in [4.78, 5) is 11.8. The molecule has 2 aromatic rings. The van der Waals surface area contributed by atoms with Crippen molar-refractivity contribution in [3.8, 4) is 5.75 Å². The molecule has 0 heterocycles. The first-order chi connectivity index (χ1) is 9.95. The summed E-state index contributed by atoms with van der Waals surface area (Å²) >= 11 is 0. The van der Waals surface area contributed by atoms with Gasteiger partial charge < -0.3 is 10.1 Å². The highest BCUT2D eigenvalue weighted by Crippen LogP contribution is 2.19. The summed E-state index contributed by atoms with van der Waals surface area (Å²) in [7, 11) is 0. The van der Waals surface area contributed by atoms with Crippen molar-refractivity contribution < 1.29 is 13.9 Å². The smallest absolute Gasteiger partial charge is 0.262 e. The van der Waals surface area contributed by atoms with Gasteiger partial charge in [0.1, 0.15) is 11.6 Å². The predicted octanol–water partition coefficient (Wildman–Crippen LogP) is 3.77. The molecule has 0 bridgehead atoms. The molecule has 0 unspecified atom stereocenters. The van der Waals surface area contributed by atoms with Crippen LogP contribution in [0.15, 0.2) is 36.4 Å². The largest absolute Gasteiger partial charge is 0.483 e. The summed E-state index contributed by atoms with van der Waals surface area (Å²) in [6.45, 7) is 5.54. The number of hydrogen-bond donors (Lipinski definition) is 1. The summed E-state index contributed by atoms with van der Waals surface area (Å²) in [5, 5.41) is 2.52. The summed E-state index contributed by atoms with van der Waals surface area (Å²) in [5.41, 5.74) is 3.06. The first kappa shape index (κ1) is 15.0. The van der Waals surface area contributed by atoms with Crippen molar-refractivity contribution in [2.75, 3.05) is 11.9 Å². The van der Waals surface area contributed by atoms with Crippen LogP contribution in [0.25, 0.3) is 0 Å². The van der Waals surface area contributed by atoms with Gasteiger partial charge >= 0.3 is 0 Å². The van der Waals surface area contributed by atoms with Gasteiger partial charge in [-0.05, 0) is 55.7 Å². The molecule has 0 aliphatic rings. The molecule has 110 valence electrons. The lowest BCUT2D eigenvalue weighted by atomic mass is 10.1. The molecular formula is C17H18FNO2. The zero-order chi connectivity index (χ0) is 15.4. The third-order valence-electron chi connectivity index (χ3n) is 3.10. The van der Waals surface area contributed by atoms with Gasteiger partial charge in [-0.15, -0.1) is 0 Å². The van der Waals surface area contributed by atoms with Crippen LogP contribution in [-0.4, -0.2) is 12.5 Å². The van der Waals surface area contributed by atoms with Crippen LogP contribution in [0.4, 0.5) is 10.1 Å². The number of anilines is 1.